The maximum atomic E-state index is 13.6. The standard InChI is InChI=1S/C22H16N8O3/c23-20(31)18-16-7-9-29(14-3-1-12(2-4-14)21-24-27-28-25-21)22(32)19(16)30(26-18)15-5-6-17-13(11-15)8-10-33-17/h1-6,8,10-11H,7,9H2,(H2,23,31)(H,24,25,27,28). The number of hydrogen-bond donors (Lipinski definition) is 2. The molecule has 1 aliphatic heterocycles. The molecule has 4 heterocycles. The molecule has 11 nitrogen and oxygen atoms in total. The molecule has 3 aromatic heterocycles. The number of rotatable bonds is 4. The fourth-order valence-electron chi connectivity index (χ4n) is 4.16. The van der Waals surface area contributed by atoms with Crippen molar-refractivity contribution < 1.29 is 14.0 Å². The third-order valence-electron chi connectivity index (χ3n) is 5.73. The lowest BCUT2D eigenvalue weighted by Gasteiger charge is -2.27. The predicted molar refractivity (Wildman–Crippen MR) is 117 cm³/mol. The molecule has 1 aliphatic rings. The summed E-state index contributed by atoms with van der Waals surface area (Å²) >= 11 is 0. The number of aromatic amines is 1. The van der Waals surface area contributed by atoms with E-state index >= 15 is 0 Å². The zero-order valence-electron chi connectivity index (χ0n) is 17.1. The van der Waals surface area contributed by atoms with Gasteiger partial charge in [-0.05, 0) is 65.4 Å². The van der Waals surface area contributed by atoms with Gasteiger partial charge in [0.25, 0.3) is 11.8 Å². The lowest BCUT2D eigenvalue weighted by molar-refractivity contribution is 0.0972. The van der Waals surface area contributed by atoms with Crippen molar-refractivity contribution in [1.29, 1.82) is 0 Å². The van der Waals surface area contributed by atoms with Crippen LogP contribution in [0, 0.1) is 0 Å². The van der Waals surface area contributed by atoms with Gasteiger partial charge in [0, 0.05) is 28.7 Å². The summed E-state index contributed by atoms with van der Waals surface area (Å²) < 4.78 is 6.89. The van der Waals surface area contributed by atoms with E-state index in [1.807, 2.05) is 36.4 Å². The first-order chi connectivity index (χ1) is 16.1. The molecule has 5 aromatic rings. The molecule has 0 aliphatic carbocycles. The molecule has 162 valence electrons. The van der Waals surface area contributed by atoms with E-state index in [9.17, 15) is 9.59 Å². The SMILES string of the molecule is NC(=O)c1nn(-c2ccc3occc3c2)c2c1CCN(c1ccc(-c3nnn[nH]3)cc1)C2=O. The van der Waals surface area contributed by atoms with Crippen LogP contribution in [0.4, 0.5) is 5.69 Å². The number of H-pyrrole nitrogens is 1. The molecule has 0 saturated heterocycles. The Morgan fingerprint density at radius 1 is 1.09 bits per heavy atom. The summed E-state index contributed by atoms with van der Waals surface area (Å²) in [7, 11) is 0. The Morgan fingerprint density at radius 2 is 1.91 bits per heavy atom. The van der Waals surface area contributed by atoms with Crippen LogP contribution in [0.15, 0.2) is 59.2 Å². The van der Waals surface area contributed by atoms with Crippen LogP contribution in [0.25, 0.3) is 28.0 Å². The fraction of sp³-hybridized carbons (Fsp3) is 0.0909. The van der Waals surface area contributed by atoms with E-state index in [0.29, 0.717) is 47.0 Å². The number of carbonyl (C=O) groups excluding carboxylic acids is 2. The number of hydrogen-bond acceptors (Lipinski definition) is 7. The molecule has 0 bridgehead atoms. The number of nitrogens with zero attached hydrogens (tertiary/aromatic N) is 6. The number of nitrogens with one attached hydrogen (secondary N) is 1. The predicted octanol–water partition coefficient (Wildman–Crippen LogP) is 2.10. The van der Waals surface area contributed by atoms with Gasteiger partial charge in [0.1, 0.15) is 11.3 Å². The summed E-state index contributed by atoms with van der Waals surface area (Å²) in [5.41, 5.74) is 9.42. The molecule has 0 unspecified atom stereocenters. The summed E-state index contributed by atoms with van der Waals surface area (Å²) in [6.45, 7) is 0.391. The van der Waals surface area contributed by atoms with Crippen LogP contribution in [0.2, 0.25) is 0 Å². The quantitative estimate of drug-likeness (QED) is 0.435. The summed E-state index contributed by atoms with van der Waals surface area (Å²) in [6, 6.07) is 14.6. The topological polar surface area (TPSA) is 149 Å². The third kappa shape index (κ3) is 2.97. The highest BCUT2D eigenvalue weighted by atomic mass is 16.3. The molecule has 2 amide bonds. The molecule has 6 rings (SSSR count). The molecule has 33 heavy (non-hydrogen) atoms. The van der Waals surface area contributed by atoms with Gasteiger partial charge in [0.2, 0.25) is 0 Å². The summed E-state index contributed by atoms with van der Waals surface area (Å²) in [4.78, 5) is 27.4. The highest BCUT2D eigenvalue weighted by molar-refractivity contribution is 6.09. The zero-order chi connectivity index (χ0) is 22.5. The minimum Gasteiger partial charge on any atom is -0.464 e. The second-order valence-corrected chi connectivity index (χ2v) is 7.60. The van der Waals surface area contributed by atoms with E-state index in [1.54, 1.807) is 23.3 Å². The largest absolute Gasteiger partial charge is 0.464 e. The number of benzene rings is 2. The number of tetrazole rings is 1. The average Bonchev–Trinajstić information content (AvgIpc) is 3.58. The van der Waals surface area contributed by atoms with E-state index < -0.39 is 5.91 Å². The van der Waals surface area contributed by atoms with Crippen molar-refractivity contribution in [1.82, 2.24) is 30.4 Å². The monoisotopic (exact) mass is 440 g/mol. The Balaban J connectivity index is 1.43. The molecule has 0 spiro atoms. The van der Waals surface area contributed by atoms with Gasteiger partial charge in [-0.1, -0.05) is 0 Å². The highest BCUT2D eigenvalue weighted by Gasteiger charge is 2.34. The van der Waals surface area contributed by atoms with E-state index in [1.165, 1.54) is 4.68 Å². The van der Waals surface area contributed by atoms with Crippen LogP contribution >= 0.6 is 0 Å². The van der Waals surface area contributed by atoms with Crippen LogP contribution < -0.4 is 10.6 Å². The lowest BCUT2D eigenvalue weighted by Crippen LogP contribution is -2.39. The Morgan fingerprint density at radius 3 is 2.67 bits per heavy atom. The number of furan rings is 1. The number of amides is 2. The minimum atomic E-state index is -0.666. The van der Waals surface area contributed by atoms with Crippen LogP contribution in [-0.2, 0) is 6.42 Å². The maximum Gasteiger partial charge on any atom is 0.277 e. The molecule has 2 aromatic carbocycles. The van der Waals surface area contributed by atoms with E-state index in [4.69, 9.17) is 10.2 Å². The first kappa shape index (κ1) is 18.9. The van der Waals surface area contributed by atoms with Crippen molar-refractivity contribution >= 4 is 28.5 Å². The van der Waals surface area contributed by atoms with Crippen LogP contribution in [0.3, 0.4) is 0 Å². The van der Waals surface area contributed by atoms with Crippen molar-refractivity contribution in [3.05, 3.63) is 71.7 Å². The Hall–Kier alpha value is -4.80. The Labute approximate surface area is 185 Å². The molecule has 0 saturated carbocycles. The van der Waals surface area contributed by atoms with Crippen molar-refractivity contribution in [3.63, 3.8) is 0 Å². The van der Waals surface area contributed by atoms with Crippen LogP contribution in [0.5, 0.6) is 0 Å². The fourth-order valence-corrected chi connectivity index (χ4v) is 4.16. The van der Waals surface area contributed by atoms with Crippen LogP contribution in [-0.4, -0.2) is 48.8 Å². The van der Waals surface area contributed by atoms with Gasteiger partial charge in [-0.15, -0.1) is 5.10 Å². The lowest BCUT2D eigenvalue weighted by atomic mass is 10.0. The Bertz CT molecular complexity index is 1520. The summed E-state index contributed by atoms with van der Waals surface area (Å²) in [5, 5.41) is 19.0. The first-order valence-electron chi connectivity index (χ1n) is 10.2. The van der Waals surface area contributed by atoms with Gasteiger partial charge in [-0.3, -0.25) is 9.59 Å². The number of nitrogens with two attached hydrogens (primary N) is 1. The van der Waals surface area contributed by atoms with Crippen LogP contribution in [0.1, 0.15) is 26.5 Å². The summed E-state index contributed by atoms with van der Waals surface area (Å²) in [5.74, 6) is -0.397. The van der Waals surface area contributed by atoms with Gasteiger partial charge in [0.15, 0.2) is 11.5 Å². The third-order valence-corrected chi connectivity index (χ3v) is 5.73. The average molecular weight is 440 g/mol. The van der Waals surface area contributed by atoms with Gasteiger partial charge >= 0.3 is 0 Å². The number of aromatic nitrogens is 6. The van der Waals surface area contributed by atoms with Crippen molar-refractivity contribution in [2.24, 2.45) is 5.73 Å². The van der Waals surface area contributed by atoms with Crippen molar-refractivity contribution in [2.45, 2.75) is 6.42 Å². The Kier molecular flexibility index (Phi) is 4.09. The minimum absolute atomic E-state index is 0.110. The maximum absolute atomic E-state index is 13.6. The number of fused-ring (bicyclic) bond motifs is 2. The molecular weight excluding hydrogens is 424 g/mol. The van der Waals surface area contributed by atoms with E-state index in [2.05, 4.69) is 25.7 Å². The molecule has 0 radical (unpaired) electrons. The van der Waals surface area contributed by atoms with Gasteiger partial charge < -0.3 is 15.1 Å². The van der Waals surface area contributed by atoms with Crippen molar-refractivity contribution in [3.8, 4) is 17.1 Å². The van der Waals surface area contributed by atoms with Gasteiger partial charge in [0.05, 0.1) is 12.0 Å². The second-order valence-electron chi connectivity index (χ2n) is 7.60. The number of anilines is 1. The molecule has 3 N–H and O–H groups in total. The number of primary amides is 1. The normalized spacial score (nSPS) is 13.5. The smallest absolute Gasteiger partial charge is 0.277 e. The molecule has 11 heteroatoms. The zero-order valence-corrected chi connectivity index (χ0v) is 17.1. The second kappa shape index (κ2) is 7.12. The van der Waals surface area contributed by atoms with E-state index in [0.717, 1.165) is 10.9 Å². The molecule has 0 atom stereocenters. The molecule has 0 fully saturated rings. The van der Waals surface area contributed by atoms with Gasteiger partial charge in [-0.2, -0.15) is 5.10 Å². The highest BCUT2D eigenvalue weighted by Crippen LogP contribution is 2.30. The summed E-state index contributed by atoms with van der Waals surface area (Å²) in [6.07, 6.45) is 2.04. The van der Waals surface area contributed by atoms with E-state index in [-0.39, 0.29) is 11.6 Å². The molecular formula is C22H16N8O3. The number of carbonyl (C=O) groups is 2. The van der Waals surface area contributed by atoms with Crippen molar-refractivity contribution in [2.75, 3.05) is 11.4 Å². The van der Waals surface area contributed by atoms with Gasteiger partial charge in [-0.25, -0.2) is 9.78 Å². The first-order valence-corrected chi connectivity index (χ1v) is 10.2.